The third kappa shape index (κ3) is 3.64. The van der Waals surface area contributed by atoms with E-state index in [1.807, 2.05) is 7.05 Å². The molecule has 1 unspecified atom stereocenters. The van der Waals surface area contributed by atoms with E-state index < -0.39 is 5.97 Å². The highest BCUT2D eigenvalue weighted by Gasteiger charge is 2.14. The average Bonchev–Trinajstić information content (AvgIpc) is 2.51. The molecule has 0 aliphatic rings. The van der Waals surface area contributed by atoms with Crippen molar-refractivity contribution in [3.63, 3.8) is 0 Å². The number of aliphatic carboxylic acids is 1. The van der Waals surface area contributed by atoms with E-state index in [0.717, 1.165) is 6.54 Å². The predicted octanol–water partition coefficient (Wildman–Crippen LogP) is 2.21. The smallest absolute Gasteiger partial charge is 0.307 e. The first-order valence-corrected chi connectivity index (χ1v) is 5.83. The topological polar surface area (TPSA) is 40.5 Å². The van der Waals surface area contributed by atoms with Crippen LogP contribution in [0.5, 0.6) is 0 Å². The summed E-state index contributed by atoms with van der Waals surface area (Å²) in [5.74, 6) is -1.04. The second-order valence-electron chi connectivity index (χ2n) is 3.96. The van der Waals surface area contributed by atoms with Crippen LogP contribution in [0.4, 0.5) is 0 Å². The highest BCUT2D eigenvalue weighted by molar-refractivity contribution is 7.10. The Morgan fingerprint density at radius 3 is 2.80 bits per heavy atom. The van der Waals surface area contributed by atoms with Gasteiger partial charge in [0.2, 0.25) is 0 Å². The molecule has 1 atom stereocenters. The van der Waals surface area contributed by atoms with Crippen molar-refractivity contribution in [3.8, 4) is 0 Å². The first kappa shape index (κ1) is 12.2. The summed E-state index contributed by atoms with van der Waals surface area (Å²) < 4.78 is 0. The lowest BCUT2D eigenvalue weighted by molar-refractivity contribution is -0.141. The van der Waals surface area contributed by atoms with Gasteiger partial charge in [-0.3, -0.25) is 4.79 Å². The fourth-order valence-electron chi connectivity index (χ4n) is 1.42. The average molecular weight is 227 g/mol. The van der Waals surface area contributed by atoms with Gasteiger partial charge in [0.05, 0.1) is 5.92 Å². The van der Waals surface area contributed by atoms with E-state index in [1.165, 1.54) is 10.4 Å². The largest absolute Gasteiger partial charge is 0.481 e. The summed E-state index contributed by atoms with van der Waals surface area (Å²) in [5, 5.41) is 10.9. The van der Waals surface area contributed by atoms with Crippen molar-refractivity contribution in [2.45, 2.75) is 20.4 Å². The molecule has 0 radical (unpaired) electrons. The Morgan fingerprint density at radius 2 is 2.33 bits per heavy atom. The van der Waals surface area contributed by atoms with Crippen molar-refractivity contribution in [2.75, 3.05) is 13.6 Å². The van der Waals surface area contributed by atoms with Crippen LogP contribution in [-0.2, 0) is 11.3 Å². The van der Waals surface area contributed by atoms with Gasteiger partial charge in [-0.05, 0) is 31.0 Å². The summed E-state index contributed by atoms with van der Waals surface area (Å²) in [6.45, 7) is 5.24. The maximum Gasteiger partial charge on any atom is 0.307 e. The summed E-state index contributed by atoms with van der Waals surface area (Å²) in [4.78, 5) is 14.0. The van der Waals surface area contributed by atoms with Gasteiger partial charge >= 0.3 is 5.97 Å². The summed E-state index contributed by atoms with van der Waals surface area (Å²) in [7, 11) is 1.96. The Kier molecular flexibility index (Phi) is 4.29. The quantitative estimate of drug-likeness (QED) is 0.838. The monoisotopic (exact) mass is 227 g/mol. The molecule has 3 nitrogen and oxygen atoms in total. The second-order valence-corrected chi connectivity index (χ2v) is 4.96. The second kappa shape index (κ2) is 5.28. The molecule has 1 rings (SSSR count). The van der Waals surface area contributed by atoms with Crippen molar-refractivity contribution in [2.24, 2.45) is 5.92 Å². The molecule has 0 aromatic carbocycles. The van der Waals surface area contributed by atoms with Crippen LogP contribution in [0.1, 0.15) is 17.4 Å². The number of thiophene rings is 1. The van der Waals surface area contributed by atoms with Crippen LogP contribution >= 0.6 is 11.3 Å². The number of carboxylic acids is 1. The molecule has 1 heterocycles. The lowest BCUT2D eigenvalue weighted by Gasteiger charge is -2.18. The minimum absolute atomic E-state index is 0.310. The molecule has 84 valence electrons. The molecule has 0 amide bonds. The molecule has 0 fully saturated rings. The standard InChI is InChI=1S/C11H17NO2S/c1-8-4-5-15-10(8)7-12(3)6-9(2)11(13)14/h4-5,9H,6-7H2,1-3H3,(H,13,14). The van der Waals surface area contributed by atoms with E-state index in [9.17, 15) is 4.79 Å². The predicted molar refractivity (Wildman–Crippen MR) is 62.2 cm³/mol. The van der Waals surface area contributed by atoms with Crippen LogP contribution in [0.25, 0.3) is 0 Å². The molecule has 0 spiro atoms. The number of hydrogen-bond donors (Lipinski definition) is 1. The van der Waals surface area contributed by atoms with Gasteiger partial charge in [0, 0.05) is 18.0 Å². The molecule has 15 heavy (non-hydrogen) atoms. The SMILES string of the molecule is Cc1ccsc1CN(C)CC(C)C(=O)O. The number of rotatable bonds is 5. The Hall–Kier alpha value is -0.870. The molecular formula is C11H17NO2S. The van der Waals surface area contributed by atoms with Crippen LogP contribution in [0.15, 0.2) is 11.4 Å². The van der Waals surface area contributed by atoms with Gasteiger partial charge in [0.15, 0.2) is 0 Å². The fourth-order valence-corrected chi connectivity index (χ4v) is 2.41. The van der Waals surface area contributed by atoms with E-state index in [-0.39, 0.29) is 5.92 Å². The van der Waals surface area contributed by atoms with E-state index in [4.69, 9.17) is 5.11 Å². The number of hydrogen-bond acceptors (Lipinski definition) is 3. The summed E-state index contributed by atoms with van der Waals surface area (Å²) in [6, 6.07) is 2.09. The number of nitrogens with zero attached hydrogens (tertiary/aromatic N) is 1. The minimum Gasteiger partial charge on any atom is -0.481 e. The lowest BCUT2D eigenvalue weighted by Crippen LogP contribution is -2.28. The Balaban J connectivity index is 2.46. The van der Waals surface area contributed by atoms with Crippen LogP contribution in [0.3, 0.4) is 0 Å². The van der Waals surface area contributed by atoms with Gasteiger partial charge in [-0.15, -0.1) is 11.3 Å². The molecule has 4 heteroatoms. The molecule has 0 aliphatic carbocycles. The minimum atomic E-state index is -0.732. The van der Waals surface area contributed by atoms with Crippen LogP contribution in [0, 0.1) is 12.8 Å². The lowest BCUT2D eigenvalue weighted by atomic mass is 10.1. The van der Waals surface area contributed by atoms with Gasteiger partial charge in [0.25, 0.3) is 0 Å². The van der Waals surface area contributed by atoms with E-state index in [1.54, 1.807) is 18.3 Å². The molecule has 0 bridgehead atoms. The van der Waals surface area contributed by atoms with Crippen molar-refractivity contribution in [3.05, 3.63) is 21.9 Å². The highest BCUT2D eigenvalue weighted by Crippen LogP contribution is 2.17. The maximum absolute atomic E-state index is 10.7. The first-order chi connectivity index (χ1) is 7.00. The van der Waals surface area contributed by atoms with Gasteiger partial charge in [-0.2, -0.15) is 0 Å². The van der Waals surface area contributed by atoms with E-state index in [0.29, 0.717) is 6.54 Å². The zero-order valence-electron chi connectivity index (χ0n) is 9.36. The Morgan fingerprint density at radius 1 is 1.67 bits per heavy atom. The van der Waals surface area contributed by atoms with Crippen LogP contribution in [-0.4, -0.2) is 29.6 Å². The first-order valence-electron chi connectivity index (χ1n) is 4.95. The van der Waals surface area contributed by atoms with Gasteiger partial charge < -0.3 is 10.0 Å². The molecule has 1 aromatic heterocycles. The Bertz CT molecular complexity index is 335. The fraction of sp³-hybridized carbons (Fsp3) is 0.545. The normalized spacial score (nSPS) is 13.1. The molecular weight excluding hydrogens is 210 g/mol. The van der Waals surface area contributed by atoms with Crippen molar-refractivity contribution < 1.29 is 9.90 Å². The van der Waals surface area contributed by atoms with Gasteiger partial charge in [-0.25, -0.2) is 0 Å². The third-order valence-corrected chi connectivity index (χ3v) is 3.40. The molecule has 1 N–H and O–H groups in total. The van der Waals surface area contributed by atoms with Gasteiger partial charge in [-0.1, -0.05) is 6.92 Å². The molecule has 0 saturated heterocycles. The zero-order chi connectivity index (χ0) is 11.4. The van der Waals surface area contributed by atoms with Crippen molar-refractivity contribution >= 4 is 17.3 Å². The van der Waals surface area contributed by atoms with Crippen molar-refractivity contribution in [1.29, 1.82) is 0 Å². The van der Waals surface area contributed by atoms with E-state index >= 15 is 0 Å². The molecule has 0 aliphatic heterocycles. The number of aryl methyl sites for hydroxylation is 1. The third-order valence-electron chi connectivity index (χ3n) is 2.39. The number of carboxylic acid groups (broad SMARTS) is 1. The highest BCUT2D eigenvalue weighted by atomic mass is 32.1. The summed E-state index contributed by atoms with van der Waals surface area (Å²) >= 11 is 1.72. The zero-order valence-corrected chi connectivity index (χ0v) is 10.2. The Labute approximate surface area is 94.3 Å². The van der Waals surface area contributed by atoms with Crippen LogP contribution < -0.4 is 0 Å². The van der Waals surface area contributed by atoms with Crippen molar-refractivity contribution in [1.82, 2.24) is 4.90 Å². The molecule has 0 saturated carbocycles. The summed E-state index contributed by atoms with van der Waals surface area (Å²) in [5.41, 5.74) is 1.29. The number of carbonyl (C=O) groups is 1. The van der Waals surface area contributed by atoms with Crippen LogP contribution in [0.2, 0.25) is 0 Å². The molecule has 1 aromatic rings. The van der Waals surface area contributed by atoms with E-state index in [2.05, 4.69) is 23.3 Å². The van der Waals surface area contributed by atoms with Gasteiger partial charge in [0.1, 0.15) is 0 Å². The summed E-state index contributed by atoms with van der Waals surface area (Å²) in [6.07, 6.45) is 0. The maximum atomic E-state index is 10.7.